The number of benzene rings is 2. The summed E-state index contributed by atoms with van der Waals surface area (Å²) in [5.74, 6) is -0.0142. The van der Waals surface area contributed by atoms with E-state index in [2.05, 4.69) is 17.3 Å². The molecule has 3 N–H and O–H groups in total. The molecule has 1 saturated heterocycles. The summed E-state index contributed by atoms with van der Waals surface area (Å²) in [4.78, 5) is 28.8. The first-order valence-corrected chi connectivity index (χ1v) is 9.21. The first-order valence-electron chi connectivity index (χ1n) is 9.21. The zero-order valence-electron chi connectivity index (χ0n) is 15.6. The lowest BCUT2D eigenvalue weighted by Gasteiger charge is -2.32. The highest BCUT2D eigenvalue weighted by Gasteiger charge is 2.19. The third kappa shape index (κ3) is 5.15. The predicted molar refractivity (Wildman–Crippen MR) is 107 cm³/mol. The molecule has 1 aliphatic heterocycles. The second-order valence-corrected chi connectivity index (χ2v) is 6.91. The highest BCUT2D eigenvalue weighted by Crippen LogP contribution is 2.14. The number of carbonyl (C=O) groups excluding carboxylic acids is 2. The third-order valence-electron chi connectivity index (χ3n) is 4.87. The molecule has 2 aromatic rings. The number of hydrogen-bond donors (Lipinski definition) is 2. The van der Waals surface area contributed by atoms with E-state index in [1.807, 2.05) is 41.3 Å². The van der Waals surface area contributed by atoms with Crippen molar-refractivity contribution in [1.82, 2.24) is 9.80 Å². The molecule has 0 aromatic heterocycles. The van der Waals surface area contributed by atoms with Gasteiger partial charge in [0.25, 0.3) is 5.91 Å². The highest BCUT2D eigenvalue weighted by molar-refractivity contribution is 6.04. The van der Waals surface area contributed by atoms with E-state index in [-0.39, 0.29) is 11.8 Å². The average Bonchev–Trinajstić information content (AvgIpc) is 2.70. The maximum absolute atomic E-state index is 12.4. The first-order chi connectivity index (χ1) is 13.0. The van der Waals surface area contributed by atoms with Gasteiger partial charge in [0.05, 0.1) is 6.42 Å². The Labute approximate surface area is 159 Å². The molecule has 1 fully saturated rings. The summed E-state index contributed by atoms with van der Waals surface area (Å²) in [6.07, 6.45) is 0.387. The standard InChI is InChI=1S/C21H26N4O2/c1-24-10-12-25(13-11-24)20(26)14-16-4-8-19(9-5-16)23-21(27)18-6-2-17(15-22)3-7-18/h2-9H,10-15,22H2,1H3,(H,23,27). The molecule has 0 saturated carbocycles. The van der Waals surface area contributed by atoms with Crippen LogP contribution in [0.15, 0.2) is 48.5 Å². The van der Waals surface area contributed by atoms with Gasteiger partial charge in [-0.2, -0.15) is 0 Å². The minimum absolute atomic E-state index is 0.153. The fourth-order valence-electron chi connectivity index (χ4n) is 3.04. The molecule has 0 bridgehead atoms. The van der Waals surface area contributed by atoms with Crippen molar-refractivity contribution in [3.05, 3.63) is 65.2 Å². The first kappa shape index (κ1) is 19.1. The van der Waals surface area contributed by atoms with Crippen LogP contribution in [0.1, 0.15) is 21.5 Å². The van der Waals surface area contributed by atoms with E-state index in [9.17, 15) is 9.59 Å². The van der Waals surface area contributed by atoms with Gasteiger partial charge in [-0.15, -0.1) is 0 Å². The van der Waals surface area contributed by atoms with Crippen molar-refractivity contribution < 1.29 is 9.59 Å². The monoisotopic (exact) mass is 366 g/mol. The minimum Gasteiger partial charge on any atom is -0.340 e. The van der Waals surface area contributed by atoms with Gasteiger partial charge in [0.2, 0.25) is 5.91 Å². The van der Waals surface area contributed by atoms with Gasteiger partial charge in [0, 0.05) is 44.0 Å². The van der Waals surface area contributed by atoms with E-state index in [0.29, 0.717) is 24.2 Å². The Morgan fingerprint density at radius 3 is 2.11 bits per heavy atom. The summed E-state index contributed by atoms with van der Waals surface area (Å²) >= 11 is 0. The lowest BCUT2D eigenvalue weighted by atomic mass is 10.1. The van der Waals surface area contributed by atoms with Gasteiger partial charge in [-0.05, 0) is 42.4 Å². The fraction of sp³-hybridized carbons (Fsp3) is 0.333. The van der Waals surface area contributed by atoms with Crippen LogP contribution in [0.3, 0.4) is 0 Å². The summed E-state index contributed by atoms with van der Waals surface area (Å²) in [6, 6.07) is 14.7. The number of rotatable bonds is 5. The van der Waals surface area contributed by atoms with Gasteiger partial charge in [-0.1, -0.05) is 24.3 Å². The minimum atomic E-state index is -0.167. The van der Waals surface area contributed by atoms with E-state index in [1.165, 1.54) is 0 Å². The van der Waals surface area contributed by atoms with Crippen LogP contribution in [0.2, 0.25) is 0 Å². The molecule has 6 nitrogen and oxygen atoms in total. The number of anilines is 1. The molecule has 142 valence electrons. The SMILES string of the molecule is CN1CCN(C(=O)Cc2ccc(NC(=O)c3ccc(CN)cc3)cc2)CC1. The number of likely N-dealkylation sites (N-methyl/N-ethyl adjacent to an activating group) is 1. The van der Waals surface area contributed by atoms with Crippen molar-refractivity contribution in [2.24, 2.45) is 5.73 Å². The topological polar surface area (TPSA) is 78.7 Å². The molecule has 0 aliphatic carbocycles. The molecule has 6 heteroatoms. The van der Waals surface area contributed by atoms with E-state index < -0.39 is 0 Å². The van der Waals surface area contributed by atoms with Gasteiger partial charge in [0.15, 0.2) is 0 Å². The number of nitrogens with zero attached hydrogens (tertiary/aromatic N) is 2. The molecule has 2 amide bonds. The van der Waals surface area contributed by atoms with E-state index in [0.717, 1.165) is 37.3 Å². The van der Waals surface area contributed by atoms with E-state index in [4.69, 9.17) is 5.73 Å². The predicted octanol–water partition coefficient (Wildman–Crippen LogP) is 1.71. The van der Waals surface area contributed by atoms with E-state index in [1.54, 1.807) is 12.1 Å². The van der Waals surface area contributed by atoms with Crippen LogP contribution < -0.4 is 11.1 Å². The summed E-state index contributed by atoms with van der Waals surface area (Å²) in [6.45, 7) is 3.86. The summed E-state index contributed by atoms with van der Waals surface area (Å²) in [7, 11) is 2.07. The molecule has 0 spiro atoms. The second-order valence-electron chi connectivity index (χ2n) is 6.91. The smallest absolute Gasteiger partial charge is 0.255 e. The molecule has 3 rings (SSSR count). The molecular formula is C21H26N4O2. The second kappa shape index (κ2) is 8.79. The van der Waals surface area contributed by atoms with Crippen molar-refractivity contribution in [3.8, 4) is 0 Å². The number of nitrogens with one attached hydrogen (secondary N) is 1. The zero-order valence-corrected chi connectivity index (χ0v) is 15.6. The quantitative estimate of drug-likeness (QED) is 0.844. The van der Waals surface area contributed by atoms with Crippen LogP contribution >= 0.6 is 0 Å². The number of hydrogen-bond acceptors (Lipinski definition) is 4. The van der Waals surface area contributed by atoms with Crippen LogP contribution in [-0.2, 0) is 17.8 Å². The number of nitrogens with two attached hydrogens (primary N) is 1. The zero-order chi connectivity index (χ0) is 19.2. The highest BCUT2D eigenvalue weighted by atomic mass is 16.2. The summed E-state index contributed by atoms with van der Waals surface area (Å²) < 4.78 is 0. The van der Waals surface area contributed by atoms with Gasteiger partial charge < -0.3 is 20.9 Å². The maximum Gasteiger partial charge on any atom is 0.255 e. The van der Waals surface area contributed by atoms with Gasteiger partial charge in [-0.3, -0.25) is 9.59 Å². The third-order valence-corrected chi connectivity index (χ3v) is 4.87. The van der Waals surface area contributed by atoms with Crippen LogP contribution in [0.5, 0.6) is 0 Å². The molecular weight excluding hydrogens is 340 g/mol. The van der Waals surface area contributed by atoms with Crippen molar-refractivity contribution in [1.29, 1.82) is 0 Å². The molecule has 1 heterocycles. The average molecular weight is 366 g/mol. The molecule has 1 aliphatic rings. The lowest BCUT2D eigenvalue weighted by Crippen LogP contribution is -2.47. The van der Waals surface area contributed by atoms with Crippen molar-refractivity contribution >= 4 is 17.5 Å². The molecule has 0 radical (unpaired) electrons. The van der Waals surface area contributed by atoms with Crippen LogP contribution in [0, 0.1) is 0 Å². The molecule has 0 atom stereocenters. The Morgan fingerprint density at radius 2 is 1.52 bits per heavy atom. The number of carbonyl (C=O) groups is 2. The van der Waals surface area contributed by atoms with Crippen LogP contribution in [0.25, 0.3) is 0 Å². The van der Waals surface area contributed by atoms with Crippen LogP contribution in [0.4, 0.5) is 5.69 Å². The van der Waals surface area contributed by atoms with Crippen molar-refractivity contribution in [2.75, 3.05) is 38.5 Å². The molecule has 27 heavy (non-hydrogen) atoms. The van der Waals surface area contributed by atoms with Gasteiger partial charge in [0.1, 0.15) is 0 Å². The van der Waals surface area contributed by atoms with E-state index >= 15 is 0 Å². The Hall–Kier alpha value is -2.70. The largest absolute Gasteiger partial charge is 0.340 e. The van der Waals surface area contributed by atoms with Crippen molar-refractivity contribution in [3.63, 3.8) is 0 Å². The Kier molecular flexibility index (Phi) is 6.21. The summed E-state index contributed by atoms with van der Waals surface area (Å²) in [5, 5.41) is 2.87. The number of piperazine rings is 1. The molecule has 0 unspecified atom stereocenters. The number of amides is 2. The van der Waals surface area contributed by atoms with Crippen molar-refractivity contribution in [2.45, 2.75) is 13.0 Å². The molecule has 2 aromatic carbocycles. The Bertz CT molecular complexity index is 779. The Balaban J connectivity index is 1.55. The van der Waals surface area contributed by atoms with Gasteiger partial charge in [-0.25, -0.2) is 0 Å². The normalized spacial score (nSPS) is 14.8. The lowest BCUT2D eigenvalue weighted by molar-refractivity contribution is -0.132. The Morgan fingerprint density at radius 1 is 0.926 bits per heavy atom. The fourth-order valence-corrected chi connectivity index (χ4v) is 3.04. The van der Waals surface area contributed by atoms with Gasteiger partial charge >= 0.3 is 0 Å². The summed E-state index contributed by atoms with van der Waals surface area (Å²) in [5.41, 5.74) is 8.80. The van der Waals surface area contributed by atoms with Crippen LogP contribution in [-0.4, -0.2) is 54.8 Å². The maximum atomic E-state index is 12.4.